The van der Waals surface area contributed by atoms with E-state index in [0.29, 0.717) is 25.9 Å². The molecule has 1 aromatic carbocycles. The van der Waals surface area contributed by atoms with Crippen LogP contribution in [0.5, 0.6) is 5.88 Å². The first-order valence-electron chi connectivity index (χ1n) is 8.73. The summed E-state index contributed by atoms with van der Waals surface area (Å²) in [7, 11) is 0. The molecule has 4 rings (SSSR count). The lowest BCUT2D eigenvalue weighted by atomic mass is 9.83. The Balaban J connectivity index is 1.49. The lowest BCUT2D eigenvalue weighted by molar-refractivity contribution is -0.133. The van der Waals surface area contributed by atoms with Crippen molar-refractivity contribution in [2.75, 3.05) is 19.7 Å². The Morgan fingerprint density at radius 2 is 2.32 bits per heavy atom. The molecule has 0 radical (unpaired) electrons. The van der Waals surface area contributed by atoms with E-state index in [0.717, 1.165) is 11.1 Å². The fraction of sp³-hybridized carbons (Fsp3) is 0.412. The molecule has 1 aromatic heterocycles. The van der Waals surface area contributed by atoms with Gasteiger partial charge in [-0.2, -0.15) is 0 Å². The summed E-state index contributed by atoms with van der Waals surface area (Å²) in [5.74, 6) is -0.730. The Morgan fingerprint density at radius 3 is 3.11 bits per heavy atom. The van der Waals surface area contributed by atoms with E-state index in [1.807, 2.05) is 5.48 Å². The van der Waals surface area contributed by atoms with E-state index in [4.69, 9.17) is 14.5 Å². The number of hydrogen-bond acceptors (Lipinski definition) is 8. The molecule has 2 aliphatic rings. The molecule has 2 heterocycles. The summed E-state index contributed by atoms with van der Waals surface area (Å²) >= 11 is 0. The number of rotatable bonds is 5. The molecular weight excluding hydrogens is 373 g/mol. The normalized spacial score (nSPS) is 21.2. The van der Waals surface area contributed by atoms with E-state index in [9.17, 15) is 14.4 Å². The molecule has 148 valence electrons. The Labute approximate surface area is 158 Å². The van der Waals surface area contributed by atoms with Gasteiger partial charge in [0.25, 0.3) is 5.88 Å². The van der Waals surface area contributed by atoms with Crippen molar-refractivity contribution in [3.8, 4) is 5.88 Å². The highest BCUT2D eigenvalue weighted by molar-refractivity contribution is 5.98. The molecule has 11 heteroatoms. The highest BCUT2D eigenvalue weighted by Gasteiger charge is 2.31. The number of aliphatic hydroxyl groups is 1. The molecule has 1 fully saturated rings. The lowest BCUT2D eigenvalue weighted by Crippen LogP contribution is -2.33. The maximum atomic E-state index is 13.4. The standard InChI is InChI=1S/C17H18FN5O5/c18-10-2-1-9-5-13(12(9)6-10)19-16(20-26)15-17(22-28-21-15)27-11-3-4-23(7-11)14(25)8-24/h1-2,6,11,13,24,26H,3-5,7-8H2,(H,19,20)/t11-,13?/m0/s1. The van der Waals surface area contributed by atoms with Crippen molar-refractivity contribution in [3.63, 3.8) is 0 Å². The maximum absolute atomic E-state index is 13.4. The summed E-state index contributed by atoms with van der Waals surface area (Å²) in [4.78, 5) is 17.4. The molecule has 1 saturated heterocycles. The molecule has 10 nitrogen and oxygen atoms in total. The van der Waals surface area contributed by atoms with Gasteiger partial charge in [-0.1, -0.05) is 6.07 Å². The molecule has 2 atom stereocenters. The van der Waals surface area contributed by atoms with Crippen molar-refractivity contribution < 1.29 is 28.9 Å². The minimum absolute atomic E-state index is 0.0161. The van der Waals surface area contributed by atoms with E-state index in [1.165, 1.54) is 17.0 Å². The Bertz CT molecular complexity index is 917. The Hall–Kier alpha value is -3.05. The summed E-state index contributed by atoms with van der Waals surface area (Å²) in [6.45, 7) is 0.187. The molecule has 1 aliphatic heterocycles. The van der Waals surface area contributed by atoms with Crippen molar-refractivity contribution in [1.29, 1.82) is 0 Å². The van der Waals surface area contributed by atoms with Crippen molar-refractivity contribution in [3.05, 3.63) is 40.8 Å². The third kappa shape index (κ3) is 3.41. The summed E-state index contributed by atoms with van der Waals surface area (Å²) in [6, 6.07) is 4.17. The van der Waals surface area contributed by atoms with E-state index >= 15 is 0 Å². The molecule has 3 N–H and O–H groups in total. The zero-order chi connectivity index (χ0) is 19.7. The van der Waals surface area contributed by atoms with Gasteiger partial charge in [0.15, 0.2) is 5.84 Å². The van der Waals surface area contributed by atoms with Gasteiger partial charge in [-0.15, -0.1) is 0 Å². The number of aromatic nitrogens is 2. The van der Waals surface area contributed by atoms with Crippen LogP contribution in [0.4, 0.5) is 4.39 Å². The number of amidine groups is 1. The monoisotopic (exact) mass is 391 g/mol. The number of carbonyl (C=O) groups is 1. The molecule has 28 heavy (non-hydrogen) atoms. The average molecular weight is 391 g/mol. The summed E-state index contributed by atoms with van der Waals surface area (Å²) in [5, 5.41) is 25.9. The molecular formula is C17H18FN5O5. The van der Waals surface area contributed by atoms with Crippen LogP contribution in [-0.2, 0) is 11.2 Å². The number of aliphatic hydroxyl groups excluding tert-OH is 1. The van der Waals surface area contributed by atoms with Gasteiger partial charge in [-0.05, 0) is 40.0 Å². The summed E-state index contributed by atoms with van der Waals surface area (Å²) < 4.78 is 23.9. The third-order valence-corrected chi connectivity index (χ3v) is 4.87. The number of ether oxygens (including phenoxy) is 1. The third-order valence-electron chi connectivity index (χ3n) is 4.87. The van der Waals surface area contributed by atoms with Crippen LogP contribution in [0, 0.1) is 5.82 Å². The molecule has 1 amide bonds. The number of nitrogens with zero attached hydrogens (tertiary/aromatic N) is 4. The number of fused-ring (bicyclic) bond motifs is 1. The number of hydrogen-bond donors (Lipinski definition) is 3. The zero-order valence-electron chi connectivity index (χ0n) is 14.7. The predicted molar refractivity (Wildman–Crippen MR) is 91.3 cm³/mol. The van der Waals surface area contributed by atoms with Crippen LogP contribution >= 0.6 is 0 Å². The van der Waals surface area contributed by atoms with E-state index in [2.05, 4.69) is 15.3 Å². The second kappa shape index (κ2) is 7.52. The van der Waals surface area contributed by atoms with Gasteiger partial charge in [0.1, 0.15) is 18.5 Å². The highest BCUT2D eigenvalue weighted by Crippen LogP contribution is 2.37. The SMILES string of the molecule is O=C(CO)N1CC[C@H](Oc2nonc2C(=NC2Cc3ccc(F)cc32)NO)C1. The van der Waals surface area contributed by atoms with Gasteiger partial charge in [0.05, 0.1) is 12.6 Å². The van der Waals surface area contributed by atoms with Crippen LogP contribution < -0.4 is 10.2 Å². The Morgan fingerprint density at radius 1 is 1.46 bits per heavy atom. The van der Waals surface area contributed by atoms with Gasteiger partial charge < -0.3 is 14.7 Å². The van der Waals surface area contributed by atoms with Crippen LogP contribution in [-0.4, -0.2) is 63.1 Å². The van der Waals surface area contributed by atoms with Gasteiger partial charge in [0, 0.05) is 13.0 Å². The van der Waals surface area contributed by atoms with Crippen molar-refractivity contribution in [2.24, 2.45) is 4.99 Å². The van der Waals surface area contributed by atoms with E-state index in [-0.39, 0.29) is 41.3 Å². The quantitative estimate of drug-likeness (QED) is 0.374. The fourth-order valence-electron chi connectivity index (χ4n) is 3.37. The molecule has 0 spiro atoms. The largest absolute Gasteiger partial charge is 0.469 e. The number of carbonyl (C=O) groups excluding carboxylic acids is 1. The summed E-state index contributed by atoms with van der Waals surface area (Å²) in [5.41, 5.74) is 3.76. The van der Waals surface area contributed by atoms with Gasteiger partial charge in [-0.25, -0.2) is 9.02 Å². The number of likely N-dealkylation sites (tertiary alicyclic amines) is 1. The number of hydroxylamine groups is 1. The van der Waals surface area contributed by atoms with Gasteiger partial charge >= 0.3 is 0 Å². The van der Waals surface area contributed by atoms with Crippen molar-refractivity contribution >= 4 is 11.7 Å². The second-order valence-electron chi connectivity index (χ2n) is 6.60. The van der Waals surface area contributed by atoms with Crippen LogP contribution in [0.1, 0.15) is 29.3 Å². The van der Waals surface area contributed by atoms with Crippen LogP contribution in [0.25, 0.3) is 0 Å². The summed E-state index contributed by atoms with van der Waals surface area (Å²) in [6.07, 6.45) is 0.787. The predicted octanol–water partition coefficient (Wildman–Crippen LogP) is 0.203. The second-order valence-corrected chi connectivity index (χ2v) is 6.60. The van der Waals surface area contributed by atoms with Crippen molar-refractivity contribution in [1.82, 2.24) is 20.7 Å². The first-order valence-corrected chi connectivity index (χ1v) is 8.73. The molecule has 1 aliphatic carbocycles. The first-order chi connectivity index (χ1) is 13.6. The van der Waals surface area contributed by atoms with Crippen LogP contribution in [0.3, 0.4) is 0 Å². The topological polar surface area (TPSA) is 133 Å². The smallest absolute Gasteiger partial charge is 0.287 e. The van der Waals surface area contributed by atoms with Gasteiger partial charge in [0.2, 0.25) is 11.6 Å². The number of amides is 1. The fourth-order valence-corrected chi connectivity index (χ4v) is 3.37. The molecule has 0 saturated carbocycles. The lowest BCUT2D eigenvalue weighted by Gasteiger charge is -2.27. The minimum Gasteiger partial charge on any atom is -0.469 e. The molecule has 1 unspecified atom stereocenters. The van der Waals surface area contributed by atoms with Crippen LogP contribution in [0.15, 0.2) is 27.8 Å². The zero-order valence-corrected chi connectivity index (χ0v) is 14.7. The molecule has 0 bridgehead atoms. The molecule has 2 aromatic rings. The minimum atomic E-state index is -0.557. The highest BCUT2D eigenvalue weighted by atomic mass is 19.1. The number of nitrogens with one attached hydrogen (secondary N) is 1. The van der Waals surface area contributed by atoms with Crippen LogP contribution in [0.2, 0.25) is 0 Å². The van der Waals surface area contributed by atoms with Gasteiger partial charge in [-0.3, -0.25) is 20.5 Å². The van der Waals surface area contributed by atoms with Crippen molar-refractivity contribution in [2.45, 2.75) is 25.0 Å². The maximum Gasteiger partial charge on any atom is 0.287 e. The number of benzene rings is 1. The Kier molecular flexibility index (Phi) is 4.92. The number of aliphatic imine (C=N–C) groups is 1. The first kappa shape index (κ1) is 18.3. The van der Waals surface area contributed by atoms with E-state index < -0.39 is 6.61 Å². The van der Waals surface area contributed by atoms with E-state index in [1.54, 1.807) is 6.07 Å². The average Bonchev–Trinajstić information content (AvgIpc) is 3.34. The number of halogens is 1.